The number of imidazole rings is 1. The average Bonchev–Trinajstić information content (AvgIpc) is 2.67. The average molecular weight is 249 g/mol. The Kier molecular flexibility index (Phi) is 3.59. The van der Waals surface area contributed by atoms with Gasteiger partial charge in [0.2, 0.25) is 0 Å². The third-order valence-electron chi connectivity index (χ3n) is 2.62. The highest BCUT2D eigenvalue weighted by molar-refractivity contribution is 6.76. The maximum absolute atomic E-state index is 5.69. The van der Waals surface area contributed by atoms with Crippen molar-refractivity contribution in [1.82, 2.24) is 14.5 Å². The molecule has 4 nitrogen and oxygen atoms in total. The lowest BCUT2D eigenvalue weighted by Crippen LogP contribution is -2.21. The zero-order chi connectivity index (χ0) is 12.3. The van der Waals surface area contributed by atoms with Crippen LogP contribution in [0.25, 0.3) is 11.2 Å². The molecule has 0 aromatic carbocycles. The van der Waals surface area contributed by atoms with Crippen molar-refractivity contribution in [2.75, 3.05) is 6.61 Å². The van der Waals surface area contributed by atoms with Crippen LogP contribution < -0.4 is 0 Å². The van der Waals surface area contributed by atoms with Crippen LogP contribution in [0.4, 0.5) is 0 Å². The van der Waals surface area contributed by atoms with Crippen LogP contribution in [-0.4, -0.2) is 29.2 Å². The van der Waals surface area contributed by atoms with Gasteiger partial charge in [-0.3, -0.25) is 0 Å². The molecule has 0 unspecified atom stereocenters. The van der Waals surface area contributed by atoms with Crippen LogP contribution in [0.2, 0.25) is 25.7 Å². The third-order valence-corrected chi connectivity index (χ3v) is 4.33. The number of hydrogen-bond acceptors (Lipinski definition) is 3. The van der Waals surface area contributed by atoms with E-state index in [0.29, 0.717) is 6.73 Å². The number of nitrogens with zero attached hydrogens (tertiary/aromatic N) is 3. The Morgan fingerprint density at radius 1 is 1.29 bits per heavy atom. The summed E-state index contributed by atoms with van der Waals surface area (Å²) >= 11 is 0. The molecule has 0 spiro atoms. The van der Waals surface area contributed by atoms with Gasteiger partial charge in [-0.25, -0.2) is 9.97 Å². The van der Waals surface area contributed by atoms with E-state index in [4.69, 9.17) is 4.74 Å². The van der Waals surface area contributed by atoms with Crippen molar-refractivity contribution in [3.8, 4) is 0 Å². The SMILES string of the molecule is C[Si](C)(C)CCOCn1cnc2ncccc21. The first-order chi connectivity index (χ1) is 8.06. The van der Waals surface area contributed by atoms with E-state index >= 15 is 0 Å². The molecule has 2 heterocycles. The summed E-state index contributed by atoms with van der Waals surface area (Å²) in [5.41, 5.74) is 1.81. The normalized spacial score (nSPS) is 12.2. The van der Waals surface area contributed by atoms with Crippen LogP contribution in [0.3, 0.4) is 0 Å². The standard InChI is InChI=1S/C12H19N3OSi/c1-17(2,3)8-7-16-10-15-9-14-12-11(15)5-4-6-13-12/h4-6,9H,7-8,10H2,1-3H3. The Morgan fingerprint density at radius 2 is 2.12 bits per heavy atom. The first-order valence-corrected chi connectivity index (χ1v) is 9.60. The number of pyridine rings is 1. The molecule has 0 amide bonds. The lowest BCUT2D eigenvalue weighted by atomic mass is 10.4. The molecular weight excluding hydrogens is 230 g/mol. The molecule has 2 rings (SSSR count). The van der Waals surface area contributed by atoms with E-state index in [9.17, 15) is 0 Å². The van der Waals surface area contributed by atoms with Gasteiger partial charge in [0, 0.05) is 20.9 Å². The van der Waals surface area contributed by atoms with Crippen LogP contribution in [0.15, 0.2) is 24.7 Å². The summed E-state index contributed by atoms with van der Waals surface area (Å²) in [7, 11) is -0.995. The lowest BCUT2D eigenvalue weighted by Gasteiger charge is -2.15. The smallest absolute Gasteiger partial charge is 0.177 e. The minimum absolute atomic E-state index is 0.562. The highest BCUT2D eigenvalue weighted by Crippen LogP contribution is 2.11. The summed E-state index contributed by atoms with van der Waals surface area (Å²) in [6.45, 7) is 8.45. The van der Waals surface area contributed by atoms with E-state index in [1.807, 2.05) is 16.7 Å². The monoisotopic (exact) mass is 249 g/mol. The van der Waals surface area contributed by atoms with Gasteiger partial charge in [-0.15, -0.1) is 0 Å². The molecule has 0 aliphatic rings. The quantitative estimate of drug-likeness (QED) is 0.604. The molecule has 0 saturated heterocycles. The summed E-state index contributed by atoms with van der Waals surface area (Å²) < 4.78 is 7.68. The summed E-state index contributed by atoms with van der Waals surface area (Å²) in [6, 6.07) is 5.12. The molecule has 5 heteroatoms. The molecule has 17 heavy (non-hydrogen) atoms. The van der Waals surface area contributed by atoms with E-state index in [1.165, 1.54) is 6.04 Å². The summed E-state index contributed by atoms with van der Waals surface area (Å²) in [6.07, 6.45) is 3.54. The summed E-state index contributed by atoms with van der Waals surface area (Å²) in [4.78, 5) is 8.42. The van der Waals surface area contributed by atoms with Crippen molar-refractivity contribution in [3.05, 3.63) is 24.7 Å². The fourth-order valence-corrected chi connectivity index (χ4v) is 2.30. The molecule has 0 radical (unpaired) electrons. The lowest BCUT2D eigenvalue weighted by molar-refractivity contribution is 0.0898. The number of rotatable bonds is 5. The van der Waals surface area contributed by atoms with Crippen molar-refractivity contribution >= 4 is 19.2 Å². The van der Waals surface area contributed by atoms with E-state index in [2.05, 4.69) is 29.6 Å². The number of fused-ring (bicyclic) bond motifs is 1. The van der Waals surface area contributed by atoms with Gasteiger partial charge in [-0.2, -0.15) is 0 Å². The second kappa shape index (κ2) is 4.97. The first kappa shape index (κ1) is 12.3. The molecule has 0 N–H and O–H groups in total. The van der Waals surface area contributed by atoms with Gasteiger partial charge < -0.3 is 9.30 Å². The number of aromatic nitrogens is 3. The third kappa shape index (κ3) is 3.37. The van der Waals surface area contributed by atoms with Gasteiger partial charge in [0.05, 0.1) is 11.8 Å². The molecule has 0 aliphatic heterocycles. The summed E-state index contributed by atoms with van der Waals surface area (Å²) in [5.74, 6) is 0. The fourth-order valence-electron chi connectivity index (χ4n) is 1.54. The Hall–Kier alpha value is -1.20. The predicted molar refractivity (Wildman–Crippen MR) is 71.6 cm³/mol. The summed E-state index contributed by atoms with van der Waals surface area (Å²) in [5, 5.41) is 0. The van der Waals surface area contributed by atoms with Crippen molar-refractivity contribution in [2.24, 2.45) is 0 Å². The second-order valence-electron chi connectivity index (χ2n) is 5.41. The first-order valence-electron chi connectivity index (χ1n) is 5.90. The Morgan fingerprint density at radius 3 is 2.88 bits per heavy atom. The molecule has 0 bridgehead atoms. The Balaban J connectivity index is 1.91. The van der Waals surface area contributed by atoms with E-state index in [0.717, 1.165) is 17.8 Å². The fraction of sp³-hybridized carbons (Fsp3) is 0.500. The molecule has 0 aliphatic carbocycles. The maximum atomic E-state index is 5.69. The number of ether oxygens (including phenoxy) is 1. The zero-order valence-electron chi connectivity index (χ0n) is 10.7. The van der Waals surface area contributed by atoms with Gasteiger partial charge in [-0.1, -0.05) is 19.6 Å². The largest absolute Gasteiger partial charge is 0.361 e. The van der Waals surface area contributed by atoms with Crippen LogP contribution >= 0.6 is 0 Å². The van der Waals surface area contributed by atoms with E-state index < -0.39 is 8.07 Å². The second-order valence-corrected chi connectivity index (χ2v) is 11.0. The highest BCUT2D eigenvalue weighted by Gasteiger charge is 2.12. The van der Waals surface area contributed by atoms with Gasteiger partial charge in [0.15, 0.2) is 5.65 Å². The molecule has 92 valence electrons. The molecule has 2 aromatic heterocycles. The molecule has 0 atom stereocenters. The van der Waals surface area contributed by atoms with E-state index in [-0.39, 0.29) is 0 Å². The Labute approximate surface area is 103 Å². The van der Waals surface area contributed by atoms with Crippen molar-refractivity contribution in [3.63, 3.8) is 0 Å². The van der Waals surface area contributed by atoms with Gasteiger partial charge >= 0.3 is 0 Å². The van der Waals surface area contributed by atoms with Crippen LogP contribution in [-0.2, 0) is 11.5 Å². The highest BCUT2D eigenvalue weighted by atomic mass is 28.3. The van der Waals surface area contributed by atoms with Gasteiger partial charge in [0.25, 0.3) is 0 Å². The maximum Gasteiger partial charge on any atom is 0.177 e. The predicted octanol–water partition coefficient (Wildman–Crippen LogP) is 2.74. The zero-order valence-corrected chi connectivity index (χ0v) is 11.7. The molecule has 0 fully saturated rings. The van der Waals surface area contributed by atoms with Gasteiger partial charge in [-0.05, 0) is 18.2 Å². The van der Waals surface area contributed by atoms with Crippen molar-refractivity contribution in [1.29, 1.82) is 0 Å². The topological polar surface area (TPSA) is 39.9 Å². The van der Waals surface area contributed by atoms with Crippen molar-refractivity contribution < 1.29 is 4.74 Å². The molecule has 0 saturated carbocycles. The van der Waals surface area contributed by atoms with Crippen LogP contribution in [0.1, 0.15) is 0 Å². The van der Waals surface area contributed by atoms with Crippen LogP contribution in [0.5, 0.6) is 0 Å². The molecule has 2 aromatic rings. The molecular formula is C12H19N3OSi. The minimum atomic E-state index is -0.995. The van der Waals surface area contributed by atoms with Crippen LogP contribution in [0, 0.1) is 0 Å². The minimum Gasteiger partial charge on any atom is -0.361 e. The number of hydrogen-bond donors (Lipinski definition) is 0. The van der Waals surface area contributed by atoms with Gasteiger partial charge in [0.1, 0.15) is 6.73 Å². The van der Waals surface area contributed by atoms with E-state index in [1.54, 1.807) is 12.5 Å². The van der Waals surface area contributed by atoms with Crippen molar-refractivity contribution in [2.45, 2.75) is 32.4 Å². The Bertz CT molecular complexity index is 490.